The Bertz CT molecular complexity index is 572. The second-order valence-corrected chi connectivity index (χ2v) is 8.83. The minimum Gasteiger partial charge on any atom is -0.377 e. The third kappa shape index (κ3) is 3.26. The highest BCUT2D eigenvalue weighted by Crippen LogP contribution is 2.39. The maximum absolute atomic E-state index is 12.7. The lowest BCUT2D eigenvalue weighted by atomic mass is 10.0. The van der Waals surface area contributed by atoms with Crippen LogP contribution in [0.1, 0.15) is 37.8 Å². The zero-order valence-corrected chi connectivity index (χ0v) is 15.0. The molecule has 1 unspecified atom stereocenters. The van der Waals surface area contributed by atoms with Gasteiger partial charge in [-0.15, -0.1) is 0 Å². The molecular formula is C17H26N2OSi. The molecule has 0 saturated carbocycles. The number of nitrogens with zero attached hydrogens (tertiary/aromatic N) is 2. The van der Waals surface area contributed by atoms with E-state index in [1.165, 1.54) is 16.8 Å². The van der Waals surface area contributed by atoms with E-state index in [0.29, 0.717) is 6.04 Å². The third-order valence-electron chi connectivity index (χ3n) is 4.25. The zero-order chi connectivity index (χ0) is 15.8. The average Bonchev–Trinajstić information content (AvgIpc) is 2.76. The second kappa shape index (κ2) is 5.76. The Balaban J connectivity index is 2.24. The van der Waals surface area contributed by atoms with Gasteiger partial charge in [0.15, 0.2) is 0 Å². The smallest absolute Gasteiger partial charge is 0.377 e. The Labute approximate surface area is 130 Å². The molecule has 0 fully saturated rings. The van der Waals surface area contributed by atoms with Crippen molar-refractivity contribution < 1.29 is 4.46 Å². The van der Waals surface area contributed by atoms with Crippen molar-refractivity contribution in [2.45, 2.75) is 38.3 Å². The van der Waals surface area contributed by atoms with Crippen molar-refractivity contribution in [1.29, 1.82) is 0 Å². The Morgan fingerprint density at radius 3 is 2.33 bits per heavy atom. The van der Waals surface area contributed by atoms with Crippen LogP contribution in [0, 0.1) is 0 Å². The highest BCUT2D eigenvalue weighted by molar-refractivity contribution is 6.40. The van der Waals surface area contributed by atoms with Gasteiger partial charge in [-0.1, -0.05) is 30.3 Å². The number of allylic oxidation sites excluding steroid dienone is 1. The third-order valence-corrected chi connectivity index (χ3v) is 6.46. The topological polar surface area (TPSA) is 23.6 Å². The minimum atomic E-state index is -1.78. The first-order chi connectivity index (χ1) is 9.71. The maximum atomic E-state index is 12.7. The molecule has 0 aliphatic heterocycles. The molecule has 0 radical (unpaired) electrons. The number of hydrogen-bond donors (Lipinski definition) is 0. The normalized spacial score (nSPS) is 17.2. The fraction of sp³-hybridized carbons (Fsp3) is 0.529. The highest BCUT2D eigenvalue weighted by atomic mass is 28.3. The van der Waals surface area contributed by atoms with Gasteiger partial charge >= 0.3 is 8.84 Å². The molecule has 114 valence electrons. The van der Waals surface area contributed by atoms with Crippen LogP contribution in [0.15, 0.2) is 30.3 Å². The Morgan fingerprint density at radius 1 is 1.14 bits per heavy atom. The SMILES string of the molecule is CN(C)C1=CC(C[Si](=O)N(C)C(C)(C)C)c2ccccc21. The summed E-state index contributed by atoms with van der Waals surface area (Å²) in [7, 11) is 4.32. The van der Waals surface area contributed by atoms with Crippen LogP contribution in [-0.4, -0.2) is 45.0 Å². The highest BCUT2D eigenvalue weighted by Gasteiger charge is 2.30. The van der Waals surface area contributed by atoms with Gasteiger partial charge in [-0.2, -0.15) is 0 Å². The van der Waals surface area contributed by atoms with Crippen molar-refractivity contribution in [2.24, 2.45) is 0 Å². The molecule has 21 heavy (non-hydrogen) atoms. The van der Waals surface area contributed by atoms with Crippen LogP contribution in [0.3, 0.4) is 0 Å². The quantitative estimate of drug-likeness (QED) is 0.797. The molecule has 1 aliphatic carbocycles. The van der Waals surface area contributed by atoms with Crippen LogP contribution >= 0.6 is 0 Å². The van der Waals surface area contributed by atoms with E-state index >= 15 is 0 Å². The summed E-state index contributed by atoms with van der Waals surface area (Å²) in [6.45, 7) is 6.33. The molecule has 0 bridgehead atoms. The first-order valence-corrected chi connectivity index (χ1v) is 9.03. The molecule has 0 spiro atoms. The fourth-order valence-corrected chi connectivity index (χ4v) is 4.42. The number of benzene rings is 1. The monoisotopic (exact) mass is 302 g/mol. The van der Waals surface area contributed by atoms with E-state index in [0.717, 1.165) is 0 Å². The molecule has 0 aromatic heterocycles. The van der Waals surface area contributed by atoms with E-state index < -0.39 is 8.84 Å². The summed E-state index contributed by atoms with van der Waals surface area (Å²) in [5, 5.41) is 0. The van der Waals surface area contributed by atoms with Crippen molar-refractivity contribution in [3.05, 3.63) is 41.5 Å². The maximum Gasteiger partial charge on any atom is 0.395 e. The van der Waals surface area contributed by atoms with Crippen molar-refractivity contribution >= 4 is 14.5 Å². The van der Waals surface area contributed by atoms with E-state index in [1.54, 1.807) is 0 Å². The molecule has 1 atom stereocenters. The molecule has 3 nitrogen and oxygen atoms in total. The average molecular weight is 302 g/mol. The number of rotatable bonds is 4. The van der Waals surface area contributed by atoms with Gasteiger partial charge in [-0.05, 0) is 26.3 Å². The van der Waals surface area contributed by atoms with Gasteiger partial charge in [-0.3, -0.25) is 0 Å². The zero-order valence-electron chi connectivity index (χ0n) is 14.0. The van der Waals surface area contributed by atoms with Crippen LogP contribution in [0.2, 0.25) is 6.04 Å². The lowest BCUT2D eigenvalue weighted by Crippen LogP contribution is -2.44. The Morgan fingerprint density at radius 2 is 1.76 bits per heavy atom. The van der Waals surface area contributed by atoms with Crippen molar-refractivity contribution in [1.82, 2.24) is 9.47 Å². The predicted octanol–water partition coefficient (Wildman–Crippen LogP) is 3.34. The van der Waals surface area contributed by atoms with Gasteiger partial charge in [0, 0.05) is 49.9 Å². The predicted molar refractivity (Wildman–Crippen MR) is 89.6 cm³/mol. The summed E-state index contributed by atoms with van der Waals surface area (Å²) < 4.78 is 14.7. The molecule has 2 rings (SSSR count). The van der Waals surface area contributed by atoms with Crippen LogP contribution < -0.4 is 0 Å². The fourth-order valence-electron chi connectivity index (χ4n) is 2.68. The van der Waals surface area contributed by atoms with Gasteiger partial charge < -0.3 is 13.9 Å². The van der Waals surface area contributed by atoms with E-state index in [-0.39, 0.29) is 11.5 Å². The van der Waals surface area contributed by atoms with Crippen molar-refractivity contribution in [2.75, 3.05) is 21.1 Å². The molecule has 1 aliphatic rings. The van der Waals surface area contributed by atoms with Gasteiger partial charge in [-0.25, -0.2) is 0 Å². The van der Waals surface area contributed by atoms with Crippen LogP contribution in [0.25, 0.3) is 5.70 Å². The standard InChI is InChI=1S/C17H26N2OSi/c1-17(2,3)19(6)21(20)12-13-11-16(18(4)5)15-10-8-7-9-14(13)15/h7-11,13H,12H2,1-6H3. The summed E-state index contributed by atoms with van der Waals surface area (Å²) in [6.07, 6.45) is 2.27. The lowest BCUT2D eigenvalue weighted by molar-refractivity contribution is 0.273. The summed E-state index contributed by atoms with van der Waals surface area (Å²) in [4.78, 5) is 2.14. The summed E-state index contributed by atoms with van der Waals surface area (Å²) in [6, 6.07) is 9.18. The molecule has 1 aromatic carbocycles. The molecule has 0 amide bonds. The molecule has 0 N–H and O–H groups in total. The van der Waals surface area contributed by atoms with E-state index in [9.17, 15) is 4.46 Å². The van der Waals surface area contributed by atoms with Gasteiger partial charge in [0.2, 0.25) is 0 Å². The number of fused-ring (bicyclic) bond motifs is 1. The largest absolute Gasteiger partial charge is 0.395 e. The van der Waals surface area contributed by atoms with E-state index in [4.69, 9.17) is 0 Å². The van der Waals surface area contributed by atoms with Gasteiger partial charge in [0.05, 0.1) is 0 Å². The molecule has 0 heterocycles. The molecule has 4 heteroatoms. The minimum absolute atomic E-state index is 0.0533. The molecule has 1 aromatic rings. The van der Waals surface area contributed by atoms with Crippen molar-refractivity contribution in [3.63, 3.8) is 0 Å². The molecule has 0 saturated heterocycles. The van der Waals surface area contributed by atoms with Crippen LogP contribution in [0.5, 0.6) is 0 Å². The summed E-state index contributed by atoms with van der Waals surface area (Å²) >= 11 is 0. The molecular weight excluding hydrogens is 276 g/mol. The van der Waals surface area contributed by atoms with Crippen LogP contribution in [0.4, 0.5) is 0 Å². The van der Waals surface area contributed by atoms with Crippen molar-refractivity contribution in [3.8, 4) is 0 Å². The Kier molecular flexibility index (Phi) is 4.37. The lowest BCUT2D eigenvalue weighted by Gasteiger charge is -2.32. The van der Waals surface area contributed by atoms with Crippen LogP contribution in [-0.2, 0) is 4.46 Å². The summed E-state index contributed by atoms with van der Waals surface area (Å²) in [5.41, 5.74) is 3.77. The Hall–Kier alpha value is -1.42. The van der Waals surface area contributed by atoms with E-state index in [1.807, 2.05) is 11.6 Å². The first-order valence-electron chi connectivity index (χ1n) is 7.47. The van der Waals surface area contributed by atoms with Gasteiger partial charge in [0.25, 0.3) is 0 Å². The second-order valence-electron chi connectivity index (χ2n) is 6.97. The number of hydrogen-bond acceptors (Lipinski definition) is 2. The van der Waals surface area contributed by atoms with E-state index in [2.05, 4.69) is 70.1 Å². The summed E-state index contributed by atoms with van der Waals surface area (Å²) in [5.74, 6) is 0.259. The van der Waals surface area contributed by atoms with Gasteiger partial charge in [0.1, 0.15) is 0 Å². The first kappa shape index (κ1) is 16.0.